The van der Waals surface area contributed by atoms with E-state index >= 15 is 0 Å². The Bertz CT molecular complexity index is 1560. The molecule has 13 heteroatoms. The van der Waals surface area contributed by atoms with E-state index in [1.54, 1.807) is 36.4 Å². The van der Waals surface area contributed by atoms with Gasteiger partial charge in [0.15, 0.2) is 0 Å². The maximum absolute atomic E-state index is 12.5. The molecule has 0 amide bonds. The highest BCUT2D eigenvalue weighted by Gasteiger charge is 2.46. The van der Waals surface area contributed by atoms with Crippen LogP contribution in [0.2, 0.25) is 0 Å². The number of hydrogen-bond donors (Lipinski definition) is 3. The quantitative estimate of drug-likeness (QED) is 0.386. The van der Waals surface area contributed by atoms with Crippen molar-refractivity contribution in [2.45, 2.75) is 10.4 Å². The third kappa shape index (κ3) is 4.55. The lowest BCUT2D eigenvalue weighted by Gasteiger charge is -2.10. The molecular weight excluding hydrogens is 481 g/mol. The Hall–Kier alpha value is -3.42. The van der Waals surface area contributed by atoms with Crippen LogP contribution in [0.5, 0.6) is 0 Å². The molecule has 33 heavy (non-hydrogen) atoms. The normalized spacial score (nSPS) is 12.7. The minimum absolute atomic E-state index is 0.0269. The standard InChI is InChI=1S/C20H15F3N4O4S2/c21-20(22,23)33(30,31)27-14-8-5-12(6-9-14)19-25-16-10-7-13(11-17(16)26-19)15-3-1-2-4-18(15)32(24,28)29/h1-11,27H,(H,25,26)(H2,24,28,29). The third-order valence-electron chi connectivity index (χ3n) is 4.70. The molecule has 8 nitrogen and oxygen atoms in total. The second kappa shape index (κ2) is 7.86. The number of alkyl halides is 3. The summed E-state index contributed by atoms with van der Waals surface area (Å²) < 4.78 is 85.3. The van der Waals surface area contributed by atoms with E-state index in [1.165, 1.54) is 35.1 Å². The van der Waals surface area contributed by atoms with Crippen LogP contribution >= 0.6 is 0 Å². The number of sulfonamides is 2. The van der Waals surface area contributed by atoms with Gasteiger partial charge in [0.25, 0.3) is 0 Å². The van der Waals surface area contributed by atoms with E-state index in [-0.39, 0.29) is 10.6 Å². The lowest BCUT2D eigenvalue weighted by Crippen LogP contribution is -2.29. The molecule has 0 bridgehead atoms. The second-order valence-electron chi connectivity index (χ2n) is 6.99. The number of primary sulfonamides is 1. The second-order valence-corrected chi connectivity index (χ2v) is 10.2. The number of aromatic amines is 1. The average Bonchev–Trinajstić information content (AvgIpc) is 3.16. The predicted octanol–water partition coefficient (Wildman–Crippen LogP) is 3.81. The molecule has 0 atom stereocenters. The number of imidazole rings is 1. The fraction of sp³-hybridized carbons (Fsp3) is 0.0500. The number of rotatable bonds is 5. The summed E-state index contributed by atoms with van der Waals surface area (Å²) in [5.41, 5.74) is -3.05. The third-order valence-corrected chi connectivity index (χ3v) is 6.78. The molecule has 0 radical (unpaired) electrons. The highest BCUT2D eigenvalue weighted by Crippen LogP contribution is 2.31. The summed E-state index contributed by atoms with van der Waals surface area (Å²) in [6, 6.07) is 16.5. The maximum atomic E-state index is 12.5. The van der Waals surface area contributed by atoms with Gasteiger partial charge in [-0.3, -0.25) is 4.72 Å². The van der Waals surface area contributed by atoms with Crippen molar-refractivity contribution in [3.63, 3.8) is 0 Å². The molecule has 4 N–H and O–H groups in total. The summed E-state index contributed by atoms with van der Waals surface area (Å²) in [6.45, 7) is 0. The zero-order valence-electron chi connectivity index (χ0n) is 16.5. The highest BCUT2D eigenvalue weighted by molar-refractivity contribution is 7.93. The van der Waals surface area contributed by atoms with Crippen molar-refractivity contribution < 1.29 is 30.0 Å². The molecule has 0 saturated heterocycles. The number of aromatic nitrogens is 2. The Kier molecular flexibility index (Phi) is 5.42. The van der Waals surface area contributed by atoms with Gasteiger partial charge in [-0.2, -0.15) is 21.6 Å². The van der Waals surface area contributed by atoms with Gasteiger partial charge in [-0.05, 0) is 48.0 Å². The number of halogens is 3. The van der Waals surface area contributed by atoms with E-state index in [1.807, 2.05) is 0 Å². The van der Waals surface area contributed by atoms with E-state index in [0.29, 0.717) is 33.5 Å². The van der Waals surface area contributed by atoms with Crippen molar-refractivity contribution in [3.05, 3.63) is 66.7 Å². The topological polar surface area (TPSA) is 135 Å². The minimum atomic E-state index is -5.52. The van der Waals surface area contributed by atoms with Crippen LogP contribution in [0.25, 0.3) is 33.5 Å². The minimum Gasteiger partial charge on any atom is -0.338 e. The van der Waals surface area contributed by atoms with Crippen LogP contribution in [-0.2, 0) is 20.0 Å². The molecule has 3 aromatic carbocycles. The van der Waals surface area contributed by atoms with Gasteiger partial charge in [0.05, 0.1) is 15.9 Å². The Morgan fingerprint density at radius 1 is 0.879 bits per heavy atom. The van der Waals surface area contributed by atoms with Crippen molar-refractivity contribution in [2.24, 2.45) is 5.14 Å². The molecule has 1 aromatic heterocycles. The summed E-state index contributed by atoms with van der Waals surface area (Å²) >= 11 is 0. The fourth-order valence-electron chi connectivity index (χ4n) is 3.18. The SMILES string of the molecule is NS(=O)(=O)c1ccccc1-c1ccc2nc(-c3ccc(NS(=O)(=O)C(F)(F)F)cc3)[nH]c2c1. The number of H-pyrrole nitrogens is 1. The van der Waals surface area contributed by atoms with E-state index in [4.69, 9.17) is 5.14 Å². The van der Waals surface area contributed by atoms with Gasteiger partial charge in [-0.25, -0.2) is 18.5 Å². The predicted molar refractivity (Wildman–Crippen MR) is 117 cm³/mol. The van der Waals surface area contributed by atoms with Crippen molar-refractivity contribution in [3.8, 4) is 22.5 Å². The molecule has 4 aromatic rings. The van der Waals surface area contributed by atoms with Gasteiger partial charge in [-0.15, -0.1) is 0 Å². The monoisotopic (exact) mass is 496 g/mol. The van der Waals surface area contributed by atoms with Crippen LogP contribution in [0.1, 0.15) is 0 Å². The molecule has 4 rings (SSSR count). The number of hydrogen-bond acceptors (Lipinski definition) is 5. The summed E-state index contributed by atoms with van der Waals surface area (Å²) in [4.78, 5) is 7.45. The molecule has 1 heterocycles. The Morgan fingerprint density at radius 2 is 1.52 bits per heavy atom. The number of nitrogens with one attached hydrogen (secondary N) is 2. The van der Waals surface area contributed by atoms with Gasteiger partial charge in [0.2, 0.25) is 10.0 Å². The molecule has 0 aliphatic rings. The molecule has 0 aliphatic heterocycles. The number of fused-ring (bicyclic) bond motifs is 1. The molecule has 0 spiro atoms. The lowest BCUT2D eigenvalue weighted by molar-refractivity contribution is -0.0429. The van der Waals surface area contributed by atoms with Crippen LogP contribution < -0.4 is 9.86 Å². The Labute approximate surface area is 186 Å². The number of nitrogens with zero attached hydrogens (tertiary/aromatic N) is 1. The summed E-state index contributed by atoms with van der Waals surface area (Å²) in [7, 11) is -9.46. The molecule has 0 fully saturated rings. The molecule has 0 saturated carbocycles. The van der Waals surface area contributed by atoms with E-state index in [9.17, 15) is 30.0 Å². The van der Waals surface area contributed by atoms with Crippen LogP contribution in [0.3, 0.4) is 0 Å². The summed E-state index contributed by atoms with van der Waals surface area (Å²) in [6.07, 6.45) is 0. The van der Waals surface area contributed by atoms with Crippen LogP contribution in [0, 0.1) is 0 Å². The summed E-state index contributed by atoms with van der Waals surface area (Å²) in [5.74, 6) is 0.382. The van der Waals surface area contributed by atoms with Gasteiger partial charge in [0.1, 0.15) is 5.82 Å². The largest absolute Gasteiger partial charge is 0.516 e. The van der Waals surface area contributed by atoms with Gasteiger partial charge < -0.3 is 4.98 Å². The van der Waals surface area contributed by atoms with Crippen molar-refractivity contribution in [2.75, 3.05) is 4.72 Å². The number of anilines is 1. The smallest absolute Gasteiger partial charge is 0.338 e. The van der Waals surface area contributed by atoms with Crippen LogP contribution in [0.15, 0.2) is 71.6 Å². The van der Waals surface area contributed by atoms with E-state index in [2.05, 4.69) is 9.97 Å². The number of nitrogens with two attached hydrogens (primary N) is 1. The molecule has 0 aliphatic carbocycles. The van der Waals surface area contributed by atoms with E-state index < -0.39 is 25.6 Å². The van der Waals surface area contributed by atoms with Gasteiger partial charge in [0, 0.05) is 16.8 Å². The fourth-order valence-corrected chi connectivity index (χ4v) is 4.50. The zero-order chi connectivity index (χ0) is 24.0. The first-order valence-corrected chi connectivity index (χ1v) is 12.2. The Balaban J connectivity index is 1.67. The van der Waals surface area contributed by atoms with Crippen molar-refractivity contribution in [1.82, 2.24) is 9.97 Å². The first-order chi connectivity index (χ1) is 15.3. The maximum Gasteiger partial charge on any atom is 0.516 e. The Morgan fingerprint density at radius 3 is 2.15 bits per heavy atom. The van der Waals surface area contributed by atoms with Crippen molar-refractivity contribution in [1.29, 1.82) is 0 Å². The van der Waals surface area contributed by atoms with E-state index in [0.717, 1.165) is 0 Å². The molecular formula is C20H15F3N4O4S2. The number of benzene rings is 3. The zero-order valence-corrected chi connectivity index (χ0v) is 18.1. The average molecular weight is 496 g/mol. The summed E-state index contributed by atoms with van der Waals surface area (Å²) in [5, 5.41) is 5.31. The highest BCUT2D eigenvalue weighted by atomic mass is 32.2. The van der Waals surface area contributed by atoms with Gasteiger partial charge >= 0.3 is 15.5 Å². The molecule has 0 unspecified atom stereocenters. The van der Waals surface area contributed by atoms with Gasteiger partial charge in [-0.1, -0.05) is 24.3 Å². The van der Waals surface area contributed by atoms with Crippen LogP contribution in [-0.4, -0.2) is 32.3 Å². The molecule has 172 valence electrons. The first kappa shape index (κ1) is 22.8. The van der Waals surface area contributed by atoms with Crippen molar-refractivity contribution >= 4 is 36.8 Å². The lowest BCUT2D eigenvalue weighted by atomic mass is 10.1. The van der Waals surface area contributed by atoms with Crippen LogP contribution in [0.4, 0.5) is 18.9 Å². The first-order valence-electron chi connectivity index (χ1n) is 9.17.